The molecule has 1 aliphatic rings. The lowest BCUT2D eigenvalue weighted by Gasteiger charge is -2.36. The predicted octanol–water partition coefficient (Wildman–Crippen LogP) is 5.34. The van der Waals surface area contributed by atoms with Crippen LogP contribution < -0.4 is 10.6 Å². The summed E-state index contributed by atoms with van der Waals surface area (Å²) >= 11 is 0. The second kappa shape index (κ2) is 6.97. The van der Waals surface area contributed by atoms with E-state index in [0.717, 1.165) is 5.92 Å². The average molecular weight is 310 g/mol. The van der Waals surface area contributed by atoms with Crippen molar-refractivity contribution >= 4 is 18.5 Å². The van der Waals surface area contributed by atoms with Crippen molar-refractivity contribution in [2.45, 2.75) is 39.5 Å². The van der Waals surface area contributed by atoms with Crippen LogP contribution in [0.25, 0.3) is 0 Å². The summed E-state index contributed by atoms with van der Waals surface area (Å²) in [6, 6.07) is 22.3. The molecule has 2 aromatic carbocycles. The van der Waals surface area contributed by atoms with Crippen LogP contribution in [0.5, 0.6) is 0 Å². The van der Waals surface area contributed by atoms with E-state index in [1.54, 1.807) is 0 Å². The maximum atomic E-state index is 2.50. The monoisotopic (exact) mass is 310 g/mol. The Morgan fingerprint density at radius 1 is 0.818 bits per heavy atom. The molecule has 0 unspecified atom stereocenters. The molecule has 1 aliphatic carbocycles. The molecule has 22 heavy (non-hydrogen) atoms. The van der Waals surface area contributed by atoms with Gasteiger partial charge in [0.2, 0.25) is 0 Å². The van der Waals surface area contributed by atoms with Crippen LogP contribution in [-0.2, 0) is 0 Å². The van der Waals surface area contributed by atoms with Crippen molar-refractivity contribution in [3.05, 3.63) is 60.7 Å². The Balaban J connectivity index is 1.89. The highest BCUT2D eigenvalue weighted by molar-refractivity contribution is 7.73. The van der Waals surface area contributed by atoms with Gasteiger partial charge in [-0.3, -0.25) is 0 Å². The van der Waals surface area contributed by atoms with Gasteiger partial charge in [-0.2, -0.15) is 0 Å². The molecule has 1 saturated carbocycles. The lowest BCUT2D eigenvalue weighted by Crippen LogP contribution is -2.29. The minimum absolute atomic E-state index is 0.255. The van der Waals surface area contributed by atoms with Gasteiger partial charge in [0.25, 0.3) is 0 Å². The van der Waals surface area contributed by atoms with Crippen LogP contribution in [0.3, 0.4) is 0 Å². The smallest absolute Gasteiger partial charge is 0.0191 e. The van der Waals surface area contributed by atoms with Crippen LogP contribution in [0.2, 0.25) is 0 Å². The van der Waals surface area contributed by atoms with Crippen LogP contribution in [0.1, 0.15) is 39.5 Å². The van der Waals surface area contributed by atoms with Crippen molar-refractivity contribution in [2.24, 2.45) is 11.3 Å². The molecule has 0 aromatic heterocycles. The zero-order valence-electron chi connectivity index (χ0n) is 13.8. The van der Waals surface area contributed by atoms with E-state index in [1.165, 1.54) is 42.5 Å². The lowest BCUT2D eigenvalue weighted by molar-refractivity contribution is 0.252. The summed E-state index contributed by atoms with van der Waals surface area (Å²) in [5.41, 5.74) is 0.438. The van der Waals surface area contributed by atoms with Crippen LogP contribution >= 0.6 is 7.92 Å². The number of hydrogen-bond acceptors (Lipinski definition) is 0. The fraction of sp³-hybridized carbons (Fsp3) is 0.429. The summed E-state index contributed by atoms with van der Waals surface area (Å²) in [7, 11) is -0.255. The van der Waals surface area contributed by atoms with Gasteiger partial charge in [0.1, 0.15) is 0 Å². The van der Waals surface area contributed by atoms with Crippen LogP contribution in [0.15, 0.2) is 60.7 Å². The van der Waals surface area contributed by atoms with Gasteiger partial charge in [-0.15, -0.1) is 0 Å². The molecule has 0 N–H and O–H groups in total. The van der Waals surface area contributed by atoms with Gasteiger partial charge in [0.05, 0.1) is 0 Å². The Labute approximate surface area is 136 Å². The molecule has 3 rings (SSSR count). The second-order valence-corrected chi connectivity index (χ2v) is 9.43. The quantitative estimate of drug-likeness (QED) is 0.654. The van der Waals surface area contributed by atoms with Crippen molar-refractivity contribution in [3.8, 4) is 0 Å². The molecule has 0 spiro atoms. The third-order valence-electron chi connectivity index (χ3n) is 5.16. The average Bonchev–Trinajstić information content (AvgIpc) is 3.10. The molecule has 0 atom stereocenters. The lowest BCUT2D eigenvalue weighted by atomic mass is 9.79. The van der Waals surface area contributed by atoms with E-state index in [1.807, 2.05) is 0 Å². The Morgan fingerprint density at radius 2 is 1.27 bits per heavy atom. The number of benzene rings is 2. The highest BCUT2D eigenvalue weighted by Gasteiger charge is 2.34. The Morgan fingerprint density at radius 3 is 1.73 bits per heavy atom. The van der Waals surface area contributed by atoms with Crippen LogP contribution in [0.4, 0.5) is 0 Å². The van der Waals surface area contributed by atoms with E-state index in [2.05, 4.69) is 74.5 Å². The van der Waals surface area contributed by atoms with E-state index < -0.39 is 0 Å². The summed E-state index contributed by atoms with van der Waals surface area (Å²) in [6.45, 7) is 5.01. The summed E-state index contributed by atoms with van der Waals surface area (Å²) in [5.74, 6) is 0.907. The molecule has 0 radical (unpaired) electrons. The van der Waals surface area contributed by atoms with Gasteiger partial charge in [-0.05, 0) is 48.9 Å². The molecular weight excluding hydrogens is 283 g/mol. The normalized spacial score (nSPS) is 16.3. The second-order valence-electron chi connectivity index (χ2n) is 7.23. The first-order valence-electron chi connectivity index (χ1n) is 8.54. The topological polar surface area (TPSA) is 0 Å². The molecule has 0 amide bonds. The molecule has 2 aromatic rings. The van der Waals surface area contributed by atoms with Gasteiger partial charge >= 0.3 is 0 Å². The van der Waals surface area contributed by atoms with Gasteiger partial charge in [0.15, 0.2) is 0 Å². The summed E-state index contributed by atoms with van der Waals surface area (Å²) in [6.07, 6.45) is 7.03. The fourth-order valence-electron chi connectivity index (χ4n) is 3.79. The highest BCUT2D eigenvalue weighted by Crippen LogP contribution is 2.48. The Kier molecular flexibility index (Phi) is 4.99. The zero-order chi connectivity index (χ0) is 15.4. The first kappa shape index (κ1) is 15.8. The van der Waals surface area contributed by atoms with Gasteiger partial charge in [-0.1, -0.05) is 87.4 Å². The molecule has 0 saturated heterocycles. The molecule has 116 valence electrons. The van der Waals surface area contributed by atoms with Crippen molar-refractivity contribution in [2.75, 3.05) is 6.16 Å². The van der Waals surface area contributed by atoms with Crippen molar-refractivity contribution < 1.29 is 0 Å². The number of hydrogen-bond donors (Lipinski definition) is 0. The van der Waals surface area contributed by atoms with Crippen LogP contribution in [-0.4, -0.2) is 6.16 Å². The molecule has 0 heterocycles. The molecule has 1 heteroatoms. The molecule has 0 bridgehead atoms. The SMILES string of the molecule is CC(C)(CP(c1ccccc1)c1ccccc1)C1CCCC1. The Hall–Kier alpha value is -1.13. The summed E-state index contributed by atoms with van der Waals surface area (Å²) < 4.78 is 0. The van der Waals surface area contributed by atoms with Gasteiger partial charge < -0.3 is 0 Å². The van der Waals surface area contributed by atoms with E-state index in [-0.39, 0.29) is 7.92 Å². The molecular formula is C21H27P. The maximum Gasteiger partial charge on any atom is -0.0191 e. The minimum atomic E-state index is -0.255. The third-order valence-corrected chi connectivity index (χ3v) is 8.14. The number of rotatable bonds is 5. The van der Waals surface area contributed by atoms with E-state index in [0.29, 0.717) is 5.41 Å². The Bertz CT molecular complexity index is 528. The van der Waals surface area contributed by atoms with Gasteiger partial charge in [-0.25, -0.2) is 0 Å². The van der Waals surface area contributed by atoms with Crippen molar-refractivity contribution in [1.29, 1.82) is 0 Å². The maximum absolute atomic E-state index is 2.50. The van der Waals surface area contributed by atoms with Crippen molar-refractivity contribution in [3.63, 3.8) is 0 Å². The summed E-state index contributed by atoms with van der Waals surface area (Å²) in [4.78, 5) is 0. The predicted molar refractivity (Wildman–Crippen MR) is 99.7 cm³/mol. The van der Waals surface area contributed by atoms with E-state index in [9.17, 15) is 0 Å². The first-order valence-corrected chi connectivity index (χ1v) is 10.1. The fourth-order valence-corrected chi connectivity index (χ4v) is 6.59. The van der Waals surface area contributed by atoms with Crippen LogP contribution in [0, 0.1) is 11.3 Å². The van der Waals surface area contributed by atoms with Gasteiger partial charge in [0, 0.05) is 0 Å². The first-order chi connectivity index (χ1) is 10.7. The van der Waals surface area contributed by atoms with E-state index >= 15 is 0 Å². The summed E-state index contributed by atoms with van der Waals surface area (Å²) in [5, 5.41) is 3.05. The largest absolute Gasteiger partial charge is 0.0622 e. The van der Waals surface area contributed by atoms with E-state index in [4.69, 9.17) is 0 Å². The third kappa shape index (κ3) is 3.61. The minimum Gasteiger partial charge on any atom is -0.0622 e. The zero-order valence-corrected chi connectivity index (χ0v) is 14.7. The molecule has 0 nitrogen and oxygen atoms in total. The molecule has 1 fully saturated rings. The molecule has 0 aliphatic heterocycles. The highest BCUT2D eigenvalue weighted by atomic mass is 31.1. The van der Waals surface area contributed by atoms with Crippen molar-refractivity contribution in [1.82, 2.24) is 0 Å². The standard InChI is InChI=1S/C21H27P/c1-21(2,18-11-9-10-12-18)17-22(19-13-5-3-6-14-19)20-15-7-4-8-16-20/h3-8,13-16,18H,9-12,17H2,1-2H3.